The second-order valence-corrected chi connectivity index (χ2v) is 9.07. The van der Waals surface area contributed by atoms with E-state index in [2.05, 4.69) is 53.6 Å². The molecule has 1 aromatic heterocycles. The highest BCUT2D eigenvalue weighted by atomic mass is 19.4. The summed E-state index contributed by atoms with van der Waals surface area (Å²) in [5, 5.41) is 14.1. The predicted octanol–water partition coefficient (Wildman–Crippen LogP) is 3.86. The number of aromatic nitrogens is 1. The Morgan fingerprint density at radius 2 is 1.77 bits per heavy atom. The van der Waals surface area contributed by atoms with E-state index >= 15 is 0 Å². The molecule has 2 aromatic rings. The van der Waals surface area contributed by atoms with E-state index in [4.69, 9.17) is 0 Å². The molecule has 31 heavy (non-hydrogen) atoms. The van der Waals surface area contributed by atoms with E-state index in [9.17, 15) is 18.3 Å². The minimum atomic E-state index is -4.48. The smallest absolute Gasteiger partial charge is 0.361 e. The lowest BCUT2D eigenvalue weighted by atomic mass is 9.69. The van der Waals surface area contributed by atoms with Gasteiger partial charge in [-0.15, -0.1) is 0 Å². The lowest BCUT2D eigenvalue weighted by Gasteiger charge is -2.49. The Morgan fingerprint density at radius 1 is 1.13 bits per heavy atom. The van der Waals surface area contributed by atoms with Crippen LogP contribution in [0, 0.1) is 6.92 Å². The SMILES string of the molecule is Cc1cc(C(F)(F)F)ncc1N1C[C@]2(CC[C@](c3ccccc3)(N(C)C)CC2)NC1O. The number of aryl methyl sites for hydroxylation is 1. The Hall–Kier alpha value is -2.16. The highest BCUT2D eigenvalue weighted by Crippen LogP contribution is 2.47. The van der Waals surface area contributed by atoms with Gasteiger partial charge >= 0.3 is 6.18 Å². The molecule has 0 bridgehead atoms. The zero-order chi connectivity index (χ0) is 22.4. The molecule has 0 radical (unpaired) electrons. The molecule has 168 valence electrons. The lowest BCUT2D eigenvalue weighted by Crippen LogP contribution is -2.54. The summed E-state index contributed by atoms with van der Waals surface area (Å²) >= 11 is 0. The molecule has 1 aromatic carbocycles. The van der Waals surface area contributed by atoms with Gasteiger partial charge in [-0.25, -0.2) is 4.98 Å². The molecule has 1 atom stereocenters. The first-order valence-corrected chi connectivity index (χ1v) is 10.6. The molecule has 8 heteroatoms. The Bertz CT molecular complexity index is 924. The van der Waals surface area contributed by atoms with Crippen LogP contribution in [0.5, 0.6) is 0 Å². The van der Waals surface area contributed by atoms with Crippen LogP contribution in [0.2, 0.25) is 0 Å². The Kier molecular flexibility index (Phi) is 5.52. The number of nitrogens with one attached hydrogen (secondary N) is 1. The number of anilines is 1. The zero-order valence-electron chi connectivity index (χ0n) is 18.1. The molecule has 1 saturated heterocycles. The number of benzene rings is 1. The van der Waals surface area contributed by atoms with Gasteiger partial charge in [0.05, 0.1) is 11.9 Å². The van der Waals surface area contributed by atoms with Gasteiger partial charge in [0.25, 0.3) is 0 Å². The van der Waals surface area contributed by atoms with Crippen LogP contribution in [0.3, 0.4) is 0 Å². The second kappa shape index (κ2) is 7.76. The summed E-state index contributed by atoms with van der Waals surface area (Å²) in [5.74, 6) is 0. The van der Waals surface area contributed by atoms with Crippen molar-refractivity contribution in [2.45, 2.75) is 56.2 Å². The molecule has 2 heterocycles. The van der Waals surface area contributed by atoms with Gasteiger partial charge in [0.15, 0.2) is 6.35 Å². The third-order valence-electron chi connectivity index (χ3n) is 7.09. The second-order valence-electron chi connectivity index (χ2n) is 9.07. The maximum Gasteiger partial charge on any atom is 0.433 e. The molecule has 1 aliphatic heterocycles. The van der Waals surface area contributed by atoms with Gasteiger partial charge in [-0.2, -0.15) is 13.2 Å². The van der Waals surface area contributed by atoms with Gasteiger partial charge in [0.2, 0.25) is 0 Å². The van der Waals surface area contributed by atoms with Crippen molar-refractivity contribution in [1.29, 1.82) is 0 Å². The van der Waals surface area contributed by atoms with Gasteiger partial charge in [-0.3, -0.25) is 10.2 Å². The van der Waals surface area contributed by atoms with E-state index in [-0.39, 0.29) is 11.1 Å². The summed E-state index contributed by atoms with van der Waals surface area (Å²) in [6.45, 7) is 2.15. The summed E-state index contributed by atoms with van der Waals surface area (Å²) in [6, 6.07) is 11.5. The largest absolute Gasteiger partial charge is 0.433 e. The molecular formula is C23H29F3N4O. The molecule has 4 rings (SSSR count). The van der Waals surface area contributed by atoms with Gasteiger partial charge < -0.3 is 10.0 Å². The summed E-state index contributed by atoms with van der Waals surface area (Å²) in [4.78, 5) is 7.61. The van der Waals surface area contributed by atoms with E-state index in [0.29, 0.717) is 17.8 Å². The molecule has 1 spiro atoms. The van der Waals surface area contributed by atoms with Crippen LogP contribution in [0.15, 0.2) is 42.6 Å². The van der Waals surface area contributed by atoms with Gasteiger partial charge in [-0.05, 0) is 63.9 Å². The number of aliphatic hydroxyl groups is 1. The number of pyridine rings is 1. The van der Waals surface area contributed by atoms with Crippen LogP contribution in [-0.2, 0) is 11.7 Å². The van der Waals surface area contributed by atoms with Crippen molar-refractivity contribution < 1.29 is 18.3 Å². The first-order valence-electron chi connectivity index (χ1n) is 10.6. The molecule has 1 aliphatic carbocycles. The van der Waals surface area contributed by atoms with Gasteiger partial charge in [0.1, 0.15) is 5.69 Å². The van der Waals surface area contributed by atoms with Crippen LogP contribution < -0.4 is 10.2 Å². The van der Waals surface area contributed by atoms with Crippen LogP contribution in [0.4, 0.5) is 18.9 Å². The molecule has 0 amide bonds. The maximum atomic E-state index is 13.0. The first kappa shape index (κ1) is 22.0. The van der Waals surface area contributed by atoms with Crippen molar-refractivity contribution in [2.24, 2.45) is 0 Å². The standard InChI is InChI=1S/C23H29F3N4O/c1-16-13-19(23(24,25)26)27-14-18(16)30-15-21(28-20(30)31)9-11-22(12-10-21,29(2)3)17-7-5-4-6-8-17/h4-8,13-14,20,28,31H,9-12,15H2,1-3H3/t20?,21-,22+. The minimum absolute atomic E-state index is 0.0710. The molecule has 2 aliphatic rings. The fourth-order valence-corrected chi connectivity index (χ4v) is 5.22. The minimum Gasteiger partial charge on any atom is -0.361 e. The normalized spacial score (nSPS) is 29.2. The average Bonchev–Trinajstić information content (AvgIpc) is 3.04. The fraction of sp³-hybridized carbons (Fsp3) is 0.522. The van der Waals surface area contributed by atoms with E-state index in [0.717, 1.165) is 31.7 Å². The summed E-state index contributed by atoms with van der Waals surface area (Å²) in [5.41, 5.74) is 0.983. The van der Waals surface area contributed by atoms with Crippen molar-refractivity contribution in [3.63, 3.8) is 0 Å². The number of rotatable bonds is 3. The lowest BCUT2D eigenvalue weighted by molar-refractivity contribution is -0.141. The van der Waals surface area contributed by atoms with E-state index in [1.807, 2.05) is 6.07 Å². The molecule has 1 saturated carbocycles. The van der Waals surface area contributed by atoms with E-state index < -0.39 is 18.2 Å². The predicted molar refractivity (Wildman–Crippen MR) is 113 cm³/mol. The number of halogens is 3. The third-order valence-corrected chi connectivity index (χ3v) is 7.09. The van der Waals surface area contributed by atoms with Crippen LogP contribution in [0.25, 0.3) is 0 Å². The molecule has 2 N–H and O–H groups in total. The van der Waals surface area contributed by atoms with Crippen LogP contribution in [0.1, 0.15) is 42.5 Å². The van der Waals surface area contributed by atoms with Crippen LogP contribution >= 0.6 is 0 Å². The Labute approximate surface area is 180 Å². The molecule has 2 fully saturated rings. The van der Waals surface area contributed by atoms with Crippen molar-refractivity contribution in [1.82, 2.24) is 15.2 Å². The summed E-state index contributed by atoms with van der Waals surface area (Å²) in [6.07, 6.45) is -0.687. The highest BCUT2D eigenvalue weighted by molar-refractivity contribution is 5.54. The molecular weight excluding hydrogens is 405 g/mol. The van der Waals surface area contributed by atoms with Crippen molar-refractivity contribution >= 4 is 5.69 Å². The van der Waals surface area contributed by atoms with Crippen molar-refractivity contribution in [2.75, 3.05) is 25.5 Å². The van der Waals surface area contributed by atoms with Crippen molar-refractivity contribution in [3.8, 4) is 0 Å². The fourth-order valence-electron chi connectivity index (χ4n) is 5.22. The summed E-state index contributed by atoms with van der Waals surface area (Å²) < 4.78 is 38.9. The number of hydrogen-bond acceptors (Lipinski definition) is 5. The van der Waals surface area contributed by atoms with E-state index in [1.165, 1.54) is 11.8 Å². The average molecular weight is 435 g/mol. The van der Waals surface area contributed by atoms with Gasteiger partial charge in [0, 0.05) is 17.6 Å². The Balaban J connectivity index is 1.55. The zero-order valence-corrected chi connectivity index (χ0v) is 18.1. The van der Waals surface area contributed by atoms with Gasteiger partial charge in [-0.1, -0.05) is 30.3 Å². The van der Waals surface area contributed by atoms with E-state index in [1.54, 1.807) is 11.8 Å². The number of nitrogens with zero attached hydrogens (tertiary/aromatic N) is 3. The molecule has 1 unspecified atom stereocenters. The summed E-state index contributed by atoms with van der Waals surface area (Å²) in [7, 11) is 4.21. The topological polar surface area (TPSA) is 51.6 Å². The monoisotopic (exact) mass is 434 g/mol. The van der Waals surface area contributed by atoms with Crippen molar-refractivity contribution in [3.05, 3.63) is 59.4 Å². The Morgan fingerprint density at radius 3 is 2.32 bits per heavy atom. The maximum absolute atomic E-state index is 13.0. The first-order chi connectivity index (χ1) is 14.6. The highest BCUT2D eigenvalue weighted by Gasteiger charge is 2.50. The van der Waals surface area contributed by atoms with Crippen LogP contribution in [-0.4, -0.2) is 47.5 Å². The number of alkyl halides is 3. The quantitative estimate of drug-likeness (QED) is 0.768. The number of hydrogen-bond donors (Lipinski definition) is 2. The molecule has 5 nitrogen and oxygen atoms in total. The number of aliphatic hydroxyl groups excluding tert-OH is 1. The third kappa shape index (κ3) is 3.92.